The molecular formula is C26H27Cl3N4O4S. The third-order valence-corrected chi connectivity index (χ3v) is 8.78. The number of nitrogens with one attached hydrogen (secondary N) is 1. The zero-order valence-corrected chi connectivity index (χ0v) is 23.8. The number of nitrogens with zero attached hydrogens (tertiary/aromatic N) is 3. The first-order valence-electron chi connectivity index (χ1n) is 11.8. The smallest absolute Gasteiger partial charge is 0.264 e. The van der Waals surface area contributed by atoms with Gasteiger partial charge in [0.05, 0.1) is 49.9 Å². The lowest BCUT2D eigenvalue weighted by Crippen LogP contribution is -2.42. The van der Waals surface area contributed by atoms with Crippen molar-refractivity contribution in [2.75, 3.05) is 36.8 Å². The number of anilines is 2. The molecule has 0 saturated heterocycles. The molecule has 1 aliphatic heterocycles. The number of carbonyl (C=O) groups is 1. The average Bonchev–Trinajstić information content (AvgIpc) is 2.83. The van der Waals surface area contributed by atoms with E-state index in [1.807, 2.05) is 19.0 Å². The van der Waals surface area contributed by atoms with Crippen LogP contribution in [-0.4, -0.2) is 62.6 Å². The Labute approximate surface area is 237 Å². The number of hydrogen-bond donors (Lipinski definition) is 2. The summed E-state index contributed by atoms with van der Waals surface area (Å²) >= 11 is 18.5. The van der Waals surface area contributed by atoms with Gasteiger partial charge in [-0.15, -0.1) is 0 Å². The van der Waals surface area contributed by atoms with Gasteiger partial charge in [0, 0.05) is 18.1 Å². The summed E-state index contributed by atoms with van der Waals surface area (Å²) in [5, 5.41) is 13.9. The van der Waals surface area contributed by atoms with E-state index < -0.39 is 22.0 Å². The summed E-state index contributed by atoms with van der Waals surface area (Å²) in [5.74, 6) is -0.728. The molecule has 8 nitrogen and oxygen atoms in total. The Bertz CT molecular complexity index is 1430. The number of sulfonamides is 1. The van der Waals surface area contributed by atoms with Gasteiger partial charge in [-0.05, 0) is 69.3 Å². The molecule has 2 heterocycles. The van der Waals surface area contributed by atoms with E-state index in [-0.39, 0.29) is 43.7 Å². The zero-order valence-electron chi connectivity index (χ0n) is 20.7. The van der Waals surface area contributed by atoms with Crippen molar-refractivity contribution in [3.05, 3.63) is 81.1 Å². The molecule has 4 rings (SSSR count). The number of halogens is 3. The molecule has 2 N–H and O–H groups in total. The molecule has 38 heavy (non-hydrogen) atoms. The van der Waals surface area contributed by atoms with Gasteiger partial charge in [-0.25, -0.2) is 8.42 Å². The van der Waals surface area contributed by atoms with Crippen molar-refractivity contribution in [3.63, 3.8) is 0 Å². The Kier molecular flexibility index (Phi) is 8.86. The minimum atomic E-state index is -4.04. The van der Waals surface area contributed by atoms with Crippen molar-refractivity contribution in [3.8, 4) is 0 Å². The SMILES string of the molecule is CN(C)CC(O)CC1Cc2ncc(NC(=O)c3c(Cl)cccc3Cl)cc2N(S(=O)(=O)c2cccc(Cl)c2)C1. The number of amides is 1. The number of rotatable bonds is 8. The monoisotopic (exact) mass is 596 g/mol. The minimum absolute atomic E-state index is 0.0303. The van der Waals surface area contributed by atoms with Gasteiger partial charge in [0.2, 0.25) is 0 Å². The highest BCUT2D eigenvalue weighted by atomic mass is 35.5. The molecule has 2 unspecified atom stereocenters. The molecule has 0 spiro atoms. The van der Waals surface area contributed by atoms with E-state index in [2.05, 4.69) is 10.3 Å². The van der Waals surface area contributed by atoms with E-state index in [0.717, 1.165) is 0 Å². The van der Waals surface area contributed by atoms with Gasteiger partial charge in [-0.3, -0.25) is 14.1 Å². The van der Waals surface area contributed by atoms with Crippen LogP contribution in [0, 0.1) is 5.92 Å². The molecule has 12 heteroatoms. The van der Waals surface area contributed by atoms with Crippen LogP contribution in [0.3, 0.4) is 0 Å². The van der Waals surface area contributed by atoms with Crippen molar-refractivity contribution in [1.29, 1.82) is 0 Å². The van der Waals surface area contributed by atoms with E-state index in [4.69, 9.17) is 34.8 Å². The summed E-state index contributed by atoms with van der Waals surface area (Å²) < 4.78 is 28.9. The van der Waals surface area contributed by atoms with E-state index in [9.17, 15) is 18.3 Å². The van der Waals surface area contributed by atoms with E-state index >= 15 is 0 Å². The molecule has 2 aromatic carbocycles. The van der Waals surface area contributed by atoms with E-state index in [1.165, 1.54) is 22.6 Å². The summed E-state index contributed by atoms with van der Waals surface area (Å²) in [6.45, 7) is 0.579. The third kappa shape index (κ3) is 6.42. The van der Waals surface area contributed by atoms with Crippen LogP contribution in [0.4, 0.5) is 11.4 Å². The number of hydrogen-bond acceptors (Lipinski definition) is 6. The van der Waals surface area contributed by atoms with Gasteiger partial charge in [0.15, 0.2) is 0 Å². The molecule has 2 atom stereocenters. The molecule has 0 saturated carbocycles. The highest BCUT2D eigenvalue weighted by Crippen LogP contribution is 2.37. The van der Waals surface area contributed by atoms with Crippen LogP contribution in [0.5, 0.6) is 0 Å². The molecule has 0 radical (unpaired) electrons. The van der Waals surface area contributed by atoms with Gasteiger partial charge in [-0.1, -0.05) is 46.9 Å². The van der Waals surface area contributed by atoms with Gasteiger partial charge < -0.3 is 15.3 Å². The number of aliphatic hydroxyl groups is 1. The number of benzene rings is 2. The van der Waals surface area contributed by atoms with Gasteiger partial charge >= 0.3 is 0 Å². The summed E-state index contributed by atoms with van der Waals surface area (Å²) in [5.41, 5.74) is 1.26. The second-order valence-corrected chi connectivity index (χ2v) is 12.6. The highest BCUT2D eigenvalue weighted by molar-refractivity contribution is 7.92. The molecule has 1 aromatic heterocycles. The Morgan fingerprint density at radius 1 is 1.16 bits per heavy atom. The fraction of sp³-hybridized carbons (Fsp3) is 0.308. The highest BCUT2D eigenvalue weighted by Gasteiger charge is 2.35. The second-order valence-electron chi connectivity index (χ2n) is 9.46. The standard InChI is InChI=1S/C26H27Cl3N4O4S/c1-32(2)15-19(34)9-16-10-23-24(33(14-16)38(36,37)20-6-3-5-17(27)11-20)12-18(13-30-23)31-26(35)25-21(28)7-4-8-22(25)29/h3-8,11-13,16,19,34H,9-10,14-15H2,1-2H3,(H,31,35). The lowest BCUT2D eigenvalue weighted by Gasteiger charge is -2.36. The number of pyridine rings is 1. The quantitative estimate of drug-likeness (QED) is 0.380. The van der Waals surface area contributed by atoms with Gasteiger partial charge in [0.1, 0.15) is 0 Å². The normalized spacial score (nSPS) is 16.3. The van der Waals surface area contributed by atoms with Crippen LogP contribution < -0.4 is 9.62 Å². The topological polar surface area (TPSA) is 103 Å². The lowest BCUT2D eigenvalue weighted by molar-refractivity contribution is 0.102. The predicted molar refractivity (Wildman–Crippen MR) is 151 cm³/mol. The summed E-state index contributed by atoms with van der Waals surface area (Å²) in [7, 11) is -0.311. The molecule has 1 amide bonds. The van der Waals surface area contributed by atoms with Crippen LogP contribution in [-0.2, 0) is 16.4 Å². The van der Waals surface area contributed by atoms with Crippen molar-refractivity contribution in [1.82, 2.24) is 9.88 Å². The number of fused-ring (bicyclic) bond motifs is 1. The first kappa shape index (κ1) is 28.6. The maximum atomic E-state index is 13.8. The van der Waals surface area contributed by atoms with Crippen LogP contribution in [0.25, 0.3) is 0 Å². The molecule has 3 aromatic rings. The second kappa shape index (κ2) is 11.8. The Balaban J connectivity index is 1.71. The average molecular weight is 598 g/mol. The molecular weight excluding hydrogens is 571 g/mol. The van der Waals surface area contributed by atoms with Crippen molar-refractivity contribution in [2.45, 2.75) is 23.8 Å². The third-order valence-electron chi connectivity index (χ3n) is 6.14. The van der Waals surface area contributed by atoms with Crippen LogP contribution in [0.2, 0.25) is 15.1 Å². The van der Waals surface area contributed by atoms with Crippen LogP contribution in [0.1, 0.15) is 22.5 Å². The fourth-order valence-electron chi connectivity index (χ4n) is 4.52. The Morgan fingerprint density at radius 2 is 1.84 bits per heavy atom. The molecule has 0 aliphatic carbocycles. The fourth-order valence-corrected chi connectivity index (χ4v) is 6.95. The van der Waals surface area contributed by atoms with Crippen LogP contribution in [0.15, 0.2) is 59.6 Å². The first-order chi connectivity index (χ1) is 18.0. The van der Waals surface area contributed by atoms with Gasteiger partial charge in [-0.2, -0.15) is 0 Å². The lowest BCUT2D eigenvalue weighted by atomic mass is 9.92. The van der Waals surface area contributed by atoms with E-state index in [0.29, 0.717) is 30.8 Å². The van der Waals surface area contributed by atoms with Crippen LogP contribution >= 0.6 is 34.8 Å². The largest absolute Gasteiger partial charge is 0.392 e. The number of carbonyl (C=O) groups excluding carboxylic acids is 1. The minimum Gasteiger partial charge on any atom is -0.392 e. The maximum Gasteiger partial charge on any atom is 0.264 e. The number of aromatic nitrogens is 1. The van der Waals surface area contributed by atoms with Crippen molar-refractivity contribution in [2.24, 2.45) is 5.92 Å². The predicted octanol–water partition coefficient (Wildman–Crippen LogP) is 4.97. The molecule has 0 fully saturated rings. The zero-order chi connectivity index (χ0) is 27.6. The Morgan fingerprint density at radius 3 is 2.50 bits per heavy atom. The summed E-state index contributed by atoms with van der Waals surface area (Å²) in [4.78, 5) is 19.3. The van der Waals surface area contributed by atoms with Gasteiger partial charge in [0.25, 0.3) is 15.9 Å². The summed E-state index contributed by atoms with van der Waals surface area (Å²) in [6.07, 6.45) is 1.69. The Hall–Kier alpha value is -2.40. The number of aliphatic hydroxyl groups excluding tert-OH is 1. The maximum absolute atomic E-state index is 13.8. The number of likely N-dealkylation sites (N-methyl/N-ethyl adjacent to an activating group) is 1. The van der Waals surface area contributed by atoms with Crippen molar-refractivity contribution >= 4 is 62.1 Å². The van der Waals surface area contributed by atoms with E-state index in [1.54, 1.807) is 36.4 Å². The molecule has 202 valence electrons. The first-order valence-corrected chi connectivity index (χ1v) is 14.4. The molecule has 0 bridgehead atoms. The van der Waals surface area contributed by atoms with Crippen molar-refractivity contribution < 1.29 is 18.3 Å². The summed E-state index contributed by atoms with van der Waals surface area (Å²) in [6, 6.07) is 12.3. The molecule has 1 aliphatic rings.